The minimum atomic E-state index is -0.117. The molecule has 1 saturated heterocycles. The highest BCUT2D eigenvalue weighted by molar-refractivity contribution is 5.92. The Kier molecular flexibility index (Phi) is 3.10. The van der Waals surface area contributed by atoms with Crippen molar-refractivity contribution in [2.45, 2.75) is 88.9 Å². The standard InChI is InChI=1S/C17H28N2O/c1-12-5-4-8-14(11-12)19-15(13-6-2-3-7-13)18-17(9-10-17)16(19)20/h12-15,18H,2-11H2,1H3. The van der Waals surface area contributed by atoms with Crippen molar-refractivity contribution in [1.29, 1.82) is 0 Å². The lowest BCUT2D eigenvalue weighted by Crippen LogP contribution is -2.49. The van der Waals surface area contributed by atoms with Crippen LogP contribution in [0.2, 0.25) is 0 Å². The lowest BCUT2D eigenvalue weighted by molar-refractivity contribution is -0.134. The van der Waals surface area contributed by atoms with E-state index in [1.165, 1.54) is 51.4 Å². The topological polar surface area (TPSA) is 32.3 Å². The number of nitrogens with zero attached hydrogens (tertiary/aromatic N) is 1. The number of hydrogen-bond acceptors (Lipinski definition) is 2. The molecule has 112 valence electrons. The fourth-order valence-corrected chi connectivity index (χ4v) is 4.94. The van der Waals surface area contributed by atoms with Crippen molar-refractivity contribution in [2.75, 3.05) is 0 Å². The van der Waals surface area contributed by atoms with Crippen LogP contribution in [-0.2, 0) is 4.79 Å². The summed E-state index contributed by atoms with van der Waals surface area (Å²) in [6.07, 6.45) is 13.0. The van der Waals surface area contributed by atoms with Crippen molar-refractivity contribution >= 4 is 5.91 Å². The highest BCUT2D eigenvalue weighted by Crippen LogP contribution is 2.47. The molecule has 3 atom stereocenters. The minimum absolute atomic E-state index is 0.117. The molecule has 3 unspecified atom stereocenters. The van der Waals surface area contributed by atoms with E-state index in [1.54, 1.807) is 0 Å². The van der Waals surface area contributed by atoms with Gasteiger partial charge < -0.3 is 4.90 Å². The lowest BCUT2D eigenvalue weighted by atomic mass is 9.85. The van der Waals surface area contributed by atoms with Crippen LogP contribution in [-0.4, -0.2) is 28.6 Å². The molecule has 1 heterocycles. The Bertz CT molecular complexity index is 398. The first-order valence-electron chi connectivity index (χ1n) is 8.80. The molecule has 3 saturated carbocycles. The summed E-state index contributed by atoms with van der Waals surface area (Å²) >= 11 is 0. The van der Waals surface area contributed by atoms with Gasteiger partial charge in [0.25, 0.3) is 0 Å². The van der Waals surface area contributed by atoms with E-state index in [0.717, 1.165) is 24.7 Å². The van der Waals surface area contributed by atoms with Crippen molar-refractivity contribution in [3.05, 3.63) is 0 Å². The number of hydrogen-bond donors (Lipinski definition) is 1. The van der Waals surface area contributed by atoms with E-state index in [4.69, 9.17) is 0 Å². The molecule has 3 nitrogen and oxygen atoms in total. The molecule has 1 aliphatic heterocycles. The molecule has 20 heavy (non-hydrogen) atoms. The number of nitrogens with one attached hydrogen (secondary N) is 1. The molecule has 3 heteroatoms. The van der Waals surface area contributed by atoms with Gasteiger partial charge in [0.05, 0.1) is 11.7 Å². The molecule has 0 bridgehead atoms. The molecule has 4 fully saturated rings. The van der Waals surface area contributed by atoms with E-state index in [1.807, 2.05) is 0 Å². The Balaban J connectivity index is 1.57. The summed E-state index contributed by atoms with van der Waals surface area (Å²) in [7, 11) is 0. The number of carbonyl (C=O) groups excluding carboxylic acids is 1. The summed E-state index contributed by atoms with van der Waals surface area (Å²) in [5.74, 6) is 1.96. The maximum Gasteiger partial charge on any atom is 0.244 e. The summed E-state index contributed by atoms with van der Waals surface area (Å²) in [6.45, 7) is 2.36. The van der Waals surface area contributed by atoms with Crippen molar-refractivity contribution in [3.8, 4) is 0 Å². The first-order valence-corrected chi connectivity index (χ1v) is 8.80. The third-order valence-corrected chi connectivity index (χ3v) is 6.27. The van der Waals surface area contributed by atoms with Gasteiger partial charge in [0.1, 0.15) is 0 Å². The van der Waals surface area contributed by atoms with Crippen molar-refractivity contribution in [2.24, 2.45) is 11.8 Å². The van der Waals surface area contributed by atoms with Crippen molar-refractivity contribution in [3.63, 3.8) is 0 Å². The van der Waals surface area contributed by atoms with Crippen LogP contribution < -0.4 is 5.32 Å². The second kappa shape index (κ2) is 4.72. The molecular formula is C17H28N2O. The van der Waals surface area contributed by atoms with Gasteiger partial charge in [-0.1, -0.05) is 32.6 Å². The maximum absolute atomic E-state index is 12.9. The summed E-state index contributed by atoms with van der Waals surface area (Å²) in [6, 6.07) is 0.518. The van der Waals surface area contributed by atoms with E-state index in [9.17, 15) is 4.79 Å². The SMILES string of the molecule is CC1CCCC(N2C(=O)C3(CC3)NC2C2CCCC2)C1. The molecule has 0 aromatic heterocycles. The highest BCUT2D eigenvalue weighted by Gasteiger charge is 2.61. The zero-order chi connectivity index (χ0) is 13.7. The minimum Gasteiger partial charge on any atom is -0.322 e. The second-order valence-electron chi connectivity index (χ2n) is 7.85. The van der Waals surface area contributed by atoms with Crippen molar-refractivity contribution in [1.82, 2.24) is 10.2 Å². The molecule has 1 N–H and O–H groups in total. The van der Waals surface area contributed by atoms with E-state index in [0.29, 0.717) is 18.1 Å². The molecule has 0 aromatic carbocycles. The summed E-state index contributed by atoms with van der Waals surface area (Å²) < 4.78 is 0. The summed E-state index contributed by atoms with van der Waals surface area (Å²) in [5.41, 5.74) is -0.117. The average molecular weight is 276 g/mol. The molecule has 3 aliphatic carbocycles. The zero-order valence-corrected chi connectivity index (χ0v) is 12.7. The Morgan fingerprint density at radius 1 is 1.10 bits per heavy atom. The lowest BCUT2D eigenvalue weighted by Gasteiger charge is -2.39. The number of carbonyl (C=O) groups is 1. The van der Waals surface area contributed by atoms with Gasteiger partial charge in [0.15, 0.2) is 0 Å². The smallest absolute Gasteiger partial charge is 0.244 e. The molecule has 1 amide bonds. The van der Waals surface area contributed by atoms with Crippen LogP contribution in [0.4, 0.5) is 0 Å². The van der Waals surface area contributed by atoms with E-state index >= 15 is 0 Å². The first kappa shape index (κ1) is 13.1. The second-order valence-corrected chi connectivity index (χ2v) is 7.85. The highest BCUT2D eigenvalue weighted by atomic mass is 16.2. The normalized spacial score (nSPS) is 40.8. The Labute approximate surface area is 122 Å². The predicted octanol–water partition coefficient (Wildman–Crippen LogP) is 3.05. The third kappa shape index (κ3) is 2.01. The van der Waals surface area contributed by atoms with Gasteiger partial charge in [0.2, 0.25) is 5.91 Å². The quantitative estimate of drug-likeness (QED) is 0.841. The Morgan fingerprint density at radius 2 is 1.85 bits per heavy atom. The van der Waals surface area contributed by atoms with Gasteiger partial charge in [0, 0.05) is 6.04 Å². The van der Waals surface area contributed by atoms with Crippen LogP contribution >= 0.6 is 0 Å². The van der Waals surface area contributed by atoms with Gasteiger partial charge in [-0.2, -0.15) is 0 Å². The van der Waals surface area contributed by atoms with Gasteiger partial charge in [-0.15, -0.1) is 0 Å². The van der Waals surface area contributed by atoms with E-state index in [2.05, 4.69) is 17.1 Å². The summed E-state index contributed by atoms with van der Waals surface area (Å²) in [5, 5.41) is 3.77. The monoisotopic (exact) mass is 276 g/mol. The van der Waals surface area contributed by atoms with Crippen molar-refractivity contribution < 1.29 is 4.79 Å². The van der Waals surface area contributed by atoms with Gasteiger partial charge >= 0.3 is 0 Å². The first-order chi connectivity index (χ1) is 9.70. The van der Waals surface area contributed by atoms with Gasteiger partial charge in [-0.25, -0.2) is 0 Å². The summed E-state index contributed by atoms with van der Waals surface area (Å²) in [4.78, 5) is 15.3. The maximum atomic E-state index is 12.9. The predicted molar refractivity (Wildman–Crippen MR) is 79.1 cm³/mol. The average Bonchev–Trinajstić information content (AvgIpc) is 2.91. The number of amides is 1. The van der Waals surface area contributed by atoms with Crippen LogP contribution in [0.5, 0.6) is 0 Å². The largest absolute Gasteiger partial charge is 0.322 e. The molecule has 0 aromatic rings. The van der Waals surface area contributed by atoms with Crippen LogP contribution in [0, 0.1) is 11.8 Å². The molecule has 4 rings (SSSR count). The third-order valence-electron chi connectivity index (χ3n) is 6.27. The molecule has 4 aliphatic rings. The van der Waals surface area contributed by atoms with Gasteiger partial charge in [-0.3, -0.25) is 10.1 Å². The fourth-order valence-electron chi connectivity index (χ4n) is 4.94. The number of rotatable bonds is 2. The fraction of sp³-hybridized carbons (Fsp3) is 0.941. The molecular weight excluding hydrogens is 248 g/mol. The van der Waals surface area contributed by atoms with Gasteiger partial charge in [-0.05, 0) is 50.4 Å². The van der Waals surface area contributed by atoms with Crippen LogP contribution in [0.25, 0.3) is 0 Å². The zero-order valence-electron chi connectivity index (χ0n) is 12.7. The van der Waals surface area contributed by atoms with Crippen LogP contribution in [0.3, 0.4) is 0 Å². The Morgan fingerprint density at radius 3 is 2.50 bits per heavy atom. The Hall–Kier alpha value is -0.570. The molecule has 1 spiro atoms. The van der Waals surface area contributed by atoms with Crippen LogP contribution in [0.15, 0.2) is 0 Å². The molecule has 0 radical (unpaired) electrons. The van der Waals surface area contributed by atoms with E-state index in [-0.39, 0.29) is 5.54 Å². The van der Waals surface area contributed by atoms with E-state index < -0.39 is 0 Å². The van der Waals surface area contributed by atoms with Crippen LogP contribution in [0.1, 0.15) is 71.1 Å².